The van der Waals surface area contributed by atoms with Crippen LogP contribution in [0.3, 0.4) is 0 Å². The molecule has 27 heavy (non-hydrogen) atoms. The fourth-order valence-corrected chi connectivity index (χ4v) is 4.52. The summed E-state index contributed by atoms with van der Waals surface area (Å²) in [6.07, 6.45) is 5.22. The number of rotatable bonds is 4. The number of carbonyl (C=O) groups excluding carboxylic acids is 1. The zero-order chi connectivity index (χ0) is 19.2. The average molecular weight is 364 g/mol. The predicted molar refractivity (Wildman–Crippen MR) is 106 cm³/mol. The molecule has 3 atom stereocenters. The average Bonchev–Trinajstić information content (AvgIpc) is 3.37. The molecule has 1 aliphatic heterocycles. The molecule has 2 aliphatic carbocycles. The van der Waals surface area contributed by atoms with E-state index in [4.69, 9.17) is 4.74 Å². The Balaban J connectivity index is 1.75. The first kappa shape index (κ1) is 18.1. The summed E-state index contributed by atoms with van der Waals surface area (Å²) in [7, 11) is 1.74. The van der Waals surface area contributed by atoms with Crippen LogP contribution in [-0.2, 0) is 21.5 Å². The van der Waals surface area contributed by atoms with Crippen LogP contribution < -0.4 is 10.6 Å². The van der Waals surface area contributed by atoms with Gasteiger partial charge in [0.1, 0.15) is 5.54 Å². The normalized spacial score (nSPS) is 29.7. The second-order valence-corrected chi connectivity index (χ2v) is 8.55. The van der Waals surface area contributed by atoms with Gasteiger partial charge in [-0.3, -0.25) is 4.79 Å². The number of benzene rings is 1. The Bertz CT molecular complexity index is 861. The lowest BCUT2D eigenvalue weighted by Gasteiger charge is -2.40. The number of fused-ring (bicyclic) bond motifs is 2. The van der Waals surface area contributed by atoms with Crippen molar-refractivity contribution in [3.8, 4) is 11.8 Å². The largest absolute Gasteiger partial charge is 0.382 e. The molecule has 0 radical (unpaired) electrons. The summed E-state index contributed by atoms with van der Waals surface area (Å²) >= 11 is 0. The topological polar surface area (TPSA) is 50.4 Å². The molecule has 2 N–H and O–H groups in total. The summed E-state index contributed by atoms with van der Waals surface area (Å²) in [5, 5.41) is 6.34. The van der Waals surface area contributed by atoms with E-state index in [0.29, 0.717) is 11.7 Å². The highest BCUT2D eigenvalue weighted by Gasteiger charge is 2.62. The minimum atomic E-state index is -0.788. The van der Waals surface area contributed by atoms with Crippen molar-refractivity contribution >= 4 is 5.91 Å². The number of amides is 1. The highest BCUT2D eigenvalue weighted by atomic mass is 16.5. The van der Waals surface area contributed by atoms with Crippen molar-refractivity contribution in [3.63, 3.8) is 0 Å². The first-order chi connectivity index (χ1) is 12.9. The summed E-state index contributed by atoms with van der Waals surface area (Å²) in [4.78, 5) is 13.2. The van der Waals surface area contributed by atoms with Gasteiger partial charge in [0, 0.05) is 24.0 Å². The van der Waals surface area contributed by atoms with Crippen molar-refractivity contribution in [1.82, 2.24) is 10.6 Å². The van der Waals surface area contributed by atoms with Gasteiger partial charge >= 0.3 is 0 Å². The zero-order valence-electron chi connectivity index (χ0n) is 16.4. The lowest BCUT2D eigenvalue weighted by atomic mass is 9.68. The van der Waals surface area contributed by atoms with Gasteiger partial charge in [-0.25, -0.2) is 0 Å². The number of nitrogens with one attached hydrogen (secondary N) is 2. The van der Waals surface area contributed by atoms with Crippen LogP contribution in [0, 0.1) is 23.2 Å². The van der Waals surface area contributed by atoms with E-state index < -0.39 is 5.54 Å². The summed E-state index contributed by atoms with van der Waals surface area (Å²) in [5.74, 6) is 7.76. The van der Waals surface area contributed by atoms with Gasteiger partial charge in [0.15, 0.2) is 0 Å². The van der Waals surface area contributed by atoms with Gasteiger partial charge in [0.2, 0.25) is 0 Å². The molecule has 1 aromatic rings. The number of methoxy groups -OCH3 is 1. The second kappa shape index (κ2) is 6.42. The van der Waals surface area contributed by atoms with Crippen LogP contribution in [0.25, 0.3) is 0 Å². The van der Waals surface area contributed by atoms with E-state index in [2.05, 4.69) is 61.1 Å². The van der Waals surface area contributed by atoms with E-state index in [1.54, 1.807) is 7.11 Å². The van der Waals surface area contributed by atoms with Crippen molar-refractivity contribution in [2.75, 3.05) is 7.11 Å². The third-order valence-electron chi connectivity index (χ3n) is 6.45. The number of ether oxygens (including phenoxy) is 1. The van der Waals surface area contributed by atoms with E-state index in [1.165, 1.54) is 18.4 Å². The third kappa shape index (κ3) is 2.95. The molecule has 4 heteroatoms. The van der Waals surface area contributed by atoms with Gasteiger partial charge in [-0.1, -0.05) is 31.4 Å². The van der Waals surface area contributed by atoms with E-state index in [-0.39, 0.29) is 17.4 Å². The maximum absolute atomic E-state index is 13.2. The van der Waals surface area contributed by atoms with Gasteiger partial charge < -0.3 is 15.4 Å². The second-order valence-electron chi connectivity index (χ2n) is 8.55. The Kier molecular flexibility index (Phi) is 4.31. The van der Waals surface area contributed by atoms with E-state index in [0.717, 1.165) is 30.4 Å². The number of hydrogen-bond donors (Lipinski definition) is 2. The van der Waals surface area contributed by atoms with Crippen molar-refractivity contribution < 1.29 is 9.53 Å². The van der Waals surface area contributed by atoms with Gasteiger partial charge in [0.05, 0.1) is 11.9 Å². The van der Waals surface area contributed by atoms with Crippen LogP contribution in [0.1, 0.15) is 56.2 Å². The molecule has 1 amide bonds. The Hall–Kier alpha value is -2.25. The summed E-state index contributed by atoms with van der Waals surface area (Å²) < 4.78 is 5.45. The van der Waals surface area contributed by atoms with Crippen molar-refractivity contribution in [1.29, 1.82) is 0 Å². The van der Waals surface area contributed by atoms with Gasteiger partial charge in [-0.05, 0) is 62.3 Å². The monoisotopic (exact) mass is 364 g/mol. The maximum atomic E-state index is 13.2. The molecule has 3 unspecified atom stereocenters. The predicted octanol–water partition coefficient (Wildman–Crippen LogP) is 3.21. The Labute approximate surface area is 161 Å². The number of carbonyl (C=O) groups is 1. The van der Waals surface area contributed by atoms with Crippen LogP contribution in [0.2, 0.25) is 0 Å². The lowest BCUT2D eigenvalue weighted by molar-refractivity contribution is -0.129. The fraction of sp³-hybridized carbons (Fsp3) is 0.522. The Morgan fingerprint density at radius 1 is 1.41 bits per heavy atom. The fourth-order valence-electron chi connectivity index (χ4n) is 4.52. The molecule has 1 saturated carbocycles. The number of hydrogen-bond acceptors (Lipinski definition) is 3. The minimum Gasteiger partial charge on any atom is -0.382 e. The molecular formula is C23H28N2O2. The molecule has 2 fully saturated rings. The molecule has 1 aromatic carbocycles. The highest BCUT2D eigenvalue weighted by molar-refractivity contribution is 5.94. The first-order valence-corrected chi connectivity index (χ1v) is 9.84. The van der Waals surface area contributed by atoms with Gasteiger partial charge in [-0.2, -0.15) is 0 Å². The molecule has 3 aliphatic rings. The summed E-state index contributed by atoms with van der Waals surface area (Å²) in [6.45, 7) is 8.25. The molecule has 1 heterocycles. The third-order valence-corrected chi connectivity index (χ3v) is 6.45. The van der Waals surface area contributed by atoms with Crippen LogP contribution in [0.5, 0.6) is 0 Å². The SMILES string of the molecule is C=C1NC(=O)C2(N1)c1cc(C#CC3CC3)ccc1CC2(C)CCC(C)OC. The molecule has 4 nitrogen and oxygen atoms in total. The van der Waals surface area contributed by atoms with Crippen molar-refractivity contribution in [3.05, 3.63) is 47.3 Å². The summed E-state index contributed by atoms with van der Waals surface area (Å²) in [5.41, 5.74) is 2.21. The van der Waals surface area contributed by atoms with Crippen LogP contribution in [-0.4, -0.2) is 19.1 Å². The highest BCUT2D eigenvalue weighted by Crippen LogP contribution is 2.55. The molecule has 142 valence electrons. The Morgan fingerprint density at radius 3 is 2.81 bits per heavy atom. The molecule has 1 saturated heterocycles. The Morgan fingerprint density at radius 2 is 2.19 bits per heavy atom. The van der Waals surface area contributed by atoms with Crippen LogP contribution in [0.15, 0.2) is 30.6 Å². The molecule has 4 rings (SSSR count). The van der Waals surface area contributed by atoms with Crippen LogP contribution in [0.4, 0.5) is 0 Å². The lowest BCUT2D eigenvalue weighted by Crippen LogP contribution is -2.53. The molecular weight excluding hydrogens is 336 g/mol. The summed E-state index contributed by atoms with van der Waals surface area (Å²) in [6, 6.07) is 6.35. The maximum Gasteiger partial charge on any atom is 0.256 e. The first-order valence-electron chi connectivity index (χ1n) is 9.84. The van der Waals surface area contributed by atoms with Crippen LogP contribution >= 0.6 is 0 Å². The van der Waals surface area contributed by atoms with Crippen molar-refractivity contribution in [2.45, 2.75) is 57.6 Å². The van der Waals surface area contributed by atoms with E-state index in [9.17, 15) is 4.79 Å². The zero-order valence-corrected chi connectivity index (χ0v) is 16.4. The van der Waals surface area contributed by atoms with Gasteiger partial charge in [-0.15, -0.1) is 0 Å². The van der Waals surface area contributed by atoms with E-state index in [1.807, 2.05) is 0 Å². The molecule has 0 aromatic heterocycles. The van der Waals surface area contributed by atoms with Crippen molar-refractivity contribution in [2.24, 2.45) is 11.3 Å². The quantitative estimate of drug-likeness (QED) is 0.807. The molecule has 1 spiro atoms. The standard InChI is InChI=1S/C23H28N2O2/c1-15(27-4)11-12-22(3)14-19-10-9-18(8-7-17-5-6-17)13-20(19)23(22)21(26)24-16(2)25-23/h9-10,13,15,17,25H,2,5-6,11-12,14H2,1,3-4H3,(H,24,26). The smallest absolute Gasteiger partial charge is 0.256 e. The minimum absolute atomic E-state index is 0.00822. The van der Waals surface area contributed by atoms with Gasteiger partial charge in [0.25, 0.3) is 5.91 Å². The van der Waals surface area contributed by atoms with E-state index >= 15 is 0 Å². The molecule has 0 bridgehead atoms.